The fraction of sp³-hybridized carbons (Fsp3) is 0.857. The van der Waals surface area contributed by atoms with E-state index in [4.69, 9.17) is 0 Å². The number of carbonyl (C=O) groups excluding carboxylic acids is 2. The van der Waals surface area contributed by atoms with Crippen LogP contribution in [-0.2, 0) is 4.79 Å². The van der Waals surface area contributed by atoms with E-state index in [9.17, 15) is 9.59 Å². The van der Waals surface area contributed by atoms with Gasteiger partial charge in [0.25, 0.3) is 0 Å². The second-order valence-corrected chi connectivity index (χ2v) is 5.81. The molecule has 1 aliphatic heterocycles. The van der Waals surface area contributed by atoms with Gasteiger partial charge in [0.15, 0.2) is 0 Å². The van der Waals surface area contributed by atoms with Crippen molar-refractivity contribution in [2.45, 2.75) is 50.6 Å². The molecular weight excluding hydrogens is 256 g/mol. The number of hydrogen-bond donors (Lipinski definition) is 3. The fourth-order valence-corrected chi connectivity index (χ4v) is 2.71. The molecule has 0 radical (unpaired) electrons. The minimum absolute atomic E-state index is 0.195. The highest BCUT2D eigenvalue weighted by Gasteiger charge is 2.26. The molecule has 2 fully saturated rings. The van der Waals surface area contributed by atoms with Gasteiger partial charge in [0.2, 0.25) is 5.91 Å². The molecule has 1 saturated carbocycles. The van der Waals surface area contributed by atoms with Crippen LogP contribution in [-0.4, -0.2) is 55.6 Å². The van der Waals surface area contributed by atoms with Crippen molar-refractivity contribution in [2.24, 2.45) is 0 Å². The zero-order valence-electron chi connectivity index (χ0n) is 12.3. The number of rotatable bonds is 6. The minimum Gasteiger partial charge on any atom is -0.335 e. The summed E-state index contributed by atoms with van der Waals surface area (Å²) in [5, 5.41) is 8.36. The molecule has 114 valence electrons. The smallest absolute Gasteiger partial charge is 0.321 e. The number of hydrogen-bond acceptors (Lipinski definition) is 4. The topological polar surface area (TPSA) is 73.5 Å². The normalized spacial score (nSPS) is 23.4. The van der Waals surface area contributed by atoms with E-state index in [2.05, 4.69) is 20.9 Å². The Balaban J connectivity index is 1.73. The molecule has 2 aliphatic rings. The summed E-state index contributed by atoms with van der Waals surface area (Å²) >= 11 is 0. The van der Waals surface area contributed by atoms with E-state index in [1.54, 1.807) is 0 Å². The van der Waals surface area contributed by atoms with E-state index < -0.39 is 0 Å². The summed E-state index contributed by atoms with van der Waals surface area (Å²) in [5.41, 5.74) is 0. The first-order valence-electron chi connectivity index (χ1n) is 7.68. The maximum absolute atomic E-state index is 11.9. The van der Waals surface area contributed by atoms with Crippen LogP contribution in [0.1, 0.15) is 38.5 Å². The van der Waals surface area contributed by atoms with Gasteiger partial charge in [-0.1, -0.05) is 6.42 Å². The molecule has 3 N–H and O–H groups in total. The lowest BCUT2D eigenvalue weighted by atomic mass is 9.99. The SMILES string of the molecule is CNCCC1CCCCN1CC(=O)NC(=O)NC1CC1. The van der Waals surface area contributed by atoms with Crippen molar-refractivity contribution in [1.82, 2.24) is 20.9 Å². The lowest BCUT2D eigenvalue weighted by Gasteiger charge is -2.35. The first kappa shape index (κ1) is 15.3. The molecule has 6 nitrogen and oxygen atoms in total. The van der Waals surface area contributed by atoms with Crippen molar-refractivity contribution < 1.29 is 9.59 Å². The van der Waals surface area contributed by atoms with Gasteiger partial charge in [-0.3, -0.25) is 15.0 Å². The van der Waals surface area contributed by atoms with Crippen molar-refractivity contribution in [1.29, 1.82) is 0 Å². The summed E-state index contributed by atoms with van der Waals surface area (Å²) in [5.74, 6) is -0.195. The van der Waals surface area contributed by atoms with Gasteiger partial charge >= 0.3 is 6.03 Å². The summed E-state index contributed by atoms with van der Waals surface area (Å²) < 4.78 is 0. The van der Waals surface area contributed by atoms with Crippen molar-refractivity contribution in [3.05, 3.63) is 0 Å². The summed E-state index contributed by atoms with van der Waals surface area (Å²) in [6.07, 6.45) is 6.62. The van der Waals surface area contributed by atoms with Crippen LogP contribution in [0.5, 0.6) is 0 Å². The van der Waals surface area contributed by atoms with Crippen molar-refractivity contribution in [3.8, 4) is 0 Å². The summed E-state index contributed by atoms with van der Waals surface area (Å²) in [7, 11) is 1.95. The summed E-state index contributed by atoms with van der Waals surface area (Å²) in [6, 6.07) is 0.385. The van der Waals surface area contributed by atoms with Gasteiger partial charge in [0, 0.05) is 12.1 Å². The molecule has 0 bridgehead atoms. The number of likely N-dealkylation sites (tertiary alicyclic amines) is 1. The van der Waals surface area contributed by atoms with Gasteiger partial charge in [0.05, 0.1) is 6.54 Å². The molecule has 1 unspecified atom stereocenters. The number of amides is 3. The van der Waals surface area contributed by atoms with Crippen molar-refractivity contribution in [2.75, 3.05) is 26.7 Å². The molecule has 0 aromatic heterocycles. The molecule has 1 heterocycles. The summed E-state index contributed by atoms with van der Waals surface area (Å²) in [4.78, 5) is 25.7. The molecule has 2 rings (SSSR count). The Morgan fingerprint density at radius 3 is 2.70 bits per heavy atom. The van der Waals surface area contributed by atoms with E-state index in [-0.39, 0.29) is 18.0 Å². The van der Waals surface area contributed by atoms with Crippen LogP contribution < -0.4 is 16.0 Å². The second-order valence-electron chi connectivity index (χ2n) is 5.81. The molecule has 3 amide bonds. The zero-order valence-corrected chi connectivity index (χ0v) is 12.3. The first-order chi connectivity index (χ1) is 9.69. The van der Waals surface area contributed by atoms with Gasteiger partial charge in [0.1, 0.15) is 0 Å². The Morgan fingerprint density at radius 2 is 2.00 bits per heavy atom. The van der Waals surface area contributed by atoms with Gasteiger partial charge in [-0.05, 0) is 52.2 Å². The van der Waals surface area contributed by atoms with Crippen LogP contribution in [0.3, 0.4) is 0 Å². The Morgan fingerprint density at radius 1 is 1.20 bits per heavy atom. The lowest BCUT2D eigenvalue weighted by Crippen LogP contribution is -2.49. The molecule has 1 aliphatic carbocycles. The Kier molecular flexibility index (Phi) is 5.79. The average Bonchev–Trinajstić information content (AvgIpc) is 3.21. The van der Waals surface area contributed by atoms with Gasteiger partial charge < -0.3 is 10.6 Å². The quantitative estimate of drug-likeness (QED) is 0.661. The van der Waals surface area contributed by atoms with Gasteiger partial charge in [-0.2, -0.15) is 0 Å². The standard InChI is InChI=1S/C14H26N4O2/c1-15-8-7-12-4-2-3-9-18(12)10-13(19)17-14(20)16-11-5-6-11/h11-12,15H,2-10H2,1H3,(H2,16,17,19,20). The number of nitrogens with one attached hydrogen (secondary N) is 3. The predicted octanol–water partition coefficient (Wildman–Crippen LogP) is 0.439. The van der Waals surface area contributed by atoms with Crippen molar-refractivity contribution >= 4 is 11.9 Å². The second kappa shape index (κ2) is 7.59. The number of carbonyl (C=O) groups is 2. The van der Waals surface area contributed by atoms with Gasteiger partial charge in [-0.25, -0.2) is 4.79 Å². The highest BCUT2D eigenvalue weighted by Crippen LogP contribution is 2.19. The average molecular weight is 282 g/mol. The minimum atomic E-state index is -0.346. The van der Waals surface area contributed by atoms with Crippen LogP contribution >= 0.6 is 0 Å². The largest absolute Gasteiger partial charge is 0.335 e. The molecule has 0 spiro atoms. The number of piperidine rings is 1. The zero-order chi connectivity index (χ0) is 14.4. The van der Waals surface area contributed by atoms with E-state index in [1.165, 1.54) is 6.42 Å². The molecule has 0 aromatic carbocycles. The fourth-order valence-electron chi connectivity index (χ4n) is 2.71. The van der Waals surface area contributed by atoms with Crippen LogP contribution in [0.25, 0.3) is 0 Å². The highest BCUT2D eigenvalue weighted by molar-refractivity contribution is 5.95. The van der Waals surface area contributed by atoms with Gasteiger partial charge in [-0.15, -0.1) is 0 Å². The first-order valence-corrected chi connectivity index (χ1v) is 7.68. The lowest BCUT2D eigenvalue weighted by molar-refractivity contribution is -0.122. The molecule has 0 aromatic rings. The van der Waals surface area contributed by atoms with E-state index in [0.717, 1.165) is 45.2 Å². The maximum Gasteiger partial charge on any atom is 0.321 e. The van der Waals surface area contributed by atoms with Crippen LogP contribution in [0.2, 0.25) is 0 Å². The van der Waals surface area contributed by atoms with E-state index in [0.29, 0.717) is 12.6 Å². The maximum atomic E-state index is 11.9. The number of imide groups is 1. The number of urea groups is 1. The Labute approximate surface area is 120 Å². The number of nitrogens with zero attached hydrogens (tertiary/aromatic N) is 1. The third-order valence-corrected chi connectivity index (χ3v) is 3.99. The monoisotopic (exact) mass is 282 g/mol. The molecule has 6 heteroatoms. The highest BCUT2D eigenvalue weighted by atomic mass is 16.2. The third kappa shape index (κ3) is 5.09. The van der Waals surface area contributed by atoms with Crippen molar-refractivity contribution in [3.63, 3.8) is 0 Å². The molecular formula is C14H26N4O2. The van der Waals surface area contributed by atoms with Crippen LogP contribution in [0.15, 0.2) is 0 Å². The Bertz CT molecular complexity index is 344. The summed E-state index contributed by atoms with van der Waals surface area (Å²) in [6.45, 7) is 2.24. The molecule has 1 atom stereocenters. The van der Waals surface area contributed by atoms with Crippen LogP contribution in [0, 0.1) is 0 Å². The predicted molar refractivity (Wildman–Crippen MR) is 77.5 cm³/mol. The Hall–Kier alpha value is -1.14. The molecule has 20 heavy (non-hydrogen) atoms. The van der Waals surface area contributed by atoms with E-state index >= 15 is 0 Å². The van der Waals surface area contributed by atoms with E-state index in [1.807, 2.05) is 7.05 Å². The molecule has 1 saturated heterocycles. The van der Waals surface area contributed by atoms with Crippen LogP contribution in [0.4, 0.5) is 4.79 Å². The third-order valence-electron chi connectivity index (χ3n) is 3.99.